The van der Waals surface area contributed by atoms with Crippen molar-refractivity contribution in [3.8, 4) is 22.5 Å². The third-order valence-electron chi connectivity index (χ3n) is 4.38. The van der Waals surface area contributed by atoms with E-state index in [-0.39, 0.29) is 10.8 Å². The summed E-state index contributed by atoms with van der Waals surface area (Å²) in [5.74, 6) is 2.47. The summed E-state index contributed by atoms with van der Waals surface area (Å²) in [4.78, 5) is 5.99. The third kappa shape index (κ3) is 3.24. The van der Waals surface area contributed by atoms with Crippen molar-refractivity contribution in [1.29, 1.82) is 0 Å². The highest BCUT2D eigenvalue weighted by molar-refractivity contribution is 8.01. The van der Waals surface area contributed by atoms with Gasteiger partial charge in [0.2, 0.25) is 0 Å². The molecule has 3 heterocycles. The molecule has 25 heavy (non-hydrogen) atoms. The molecule has 0 fully saturated rings. The van der Waals surface area contributed by atoms with Gasteiger partial charge in [-0.3, -0.25) is 4.99 Å². The highest BCUT2D eigenvalue weighted by Crippen LogP contribution is 2.40. The fourth-order valence-corrected chi connectivity index (χ4v) is 4.85. The van der Waals surface area contributed by atoms with Gasteiger partial charge in [-0.25, -0.2) is 0 Å². The van der Waals surface area contributed by atoms with Crippen LogP contribution in [0.15, 0.2) is 57.5 Å². The van der Waals surface area contributed by atoms with Crippen LogP contribution in [0.1, 0.15) is 24.8 Å². The zero-order valence-corrected chi connectivity index (χ0v) is 15.7. The maximum Gasteiger partial charge on any atom is 0.166 e. The molecule has 3 aromatic rings. The lowest BCUT2D eigenvalue weighted by atomic mass is 10.0. The van der Waals surface area contributed by atoms with Gasteiger partial charge in [0.1, 0.15) is 5.84 Å². The molecule has 0 bridgehead atoms. The second kappa shape index (κ2) is 6.35. The van der Waals surface area contributed by atoms with E-state index in [0.29, 0.717) is 0 Å². The first-order chi connectivity index (χ1) is 12.0. The minimum atomic E-state index is -0.0675. The van der Waals surface area contributed by atoms with Crippen molar-refractivity contribution in [3.05, 3.63) is 52.9 Å². The Morgan fingerprint density at radius 3 is 2.76 bits per heavy atom. The molecule has 0 radical (unpaired) electrons. The average Bonchev–Trinajstić information content (AvgIpc) is 3.29. The molecular formula is C19H19N3OS2. The van der Waals surface area contributed by atoms with Crippen molar-refractivity contribution in [2.24, 2.45) is 10.7 Å². The second-order valence-corrected chi connectivity index (χ2v) is 9.13. The number of thioether (sulfide) groups is 1. The molecule has 0 aliphatic carbocycles. The Bertz CT molecular complexity index is 912. The van der Waals surface area contributed by atoms with Crippen LogP contribution in [0.4, 0.5) is 0 Å². The molecule has 2 N–H and O–H groups in total. The highest BCUT2D eigenvalue weighted by atomic mass is 32.2. The van der Waals surface area contributed by atoms with Crippen LogP contribution in [0.5, 0.6) is 0 Å². The number of aromatic nitrogens is 1. The summed E-state index contributed by atoms with van der Waals surface area (Å²) in [6.07, 6.45) is 1.66. The summed E-state index contributed by atoms with van der Waals surface area (Å²) in [5, 5.41) is 5.97. The third-order valence-corrected chi connectivity index (χ3v) is 6.83. The number of hydrogen-bond donors (Lipinski definition) is 1. The Morgan fingerprint density at radius 2 is 2.00 bits per heavy atom. The Balaban J connectivity index is 1.62. The largest absolute Gasteiger partial charge is 0.386 e. The van der Waals surface area contributed by atoms with E-state index in [1.807, 2.05) is 30.0 Å². The zero-order valence-electron chi connectivity index (χ0n) is 14.1. The molecule has 1 aliphatic rings. The lowest BCUT2D eigenvalue weighted by molar-refractivity contribution is 0.432. The molecule has 4 rings (SSSR count). The molecule has 1 aliphatic heterocycles. The van der Waals surface area contributed by atoms with Crippen molar-refractivity contribution in [2.45, 2.75) is 24.6 Å². The number of benzene rings is 1. The maximum atomic E-state index is 6.15. The molecule has 0 saturated heterocycles. The lowest BCUT2D eigenvalue weighted by Crippen LogP contribution is -2.39. The summed E-state index contributed by atoms with van der Waals surface area (Å²) >= 11 is 3.61. The van der Waals surface area contributed by atoms with Crippen molar-refractivity contribution < 1.29 is 4.52 Å². The molecule has 1 aromatic carbocycles. The summed E-state index contributed by atoms with van der Waals surface area (Å²) in [6.45, 7) is 4.25. The fourth-order valence-electron chi connectivity index (χ4n) is 2.76. The smallest absolute Gasteiger partial charge is 0.166 e. The van der Waals surface area contributed by atoms with Gasteiger partial charge in [0.05, 0.1) is 17.0 Å². The van der Waals surface area contributed by atoms with Gasteiger partial charge in [0.25, 0.3) is 0 Å². The molecule has 0 saturated carbocycles. The highest BCUT2D eigenvalue weighted by Gasteiger charge is 2.31. The number of hydrogen-bond acceptors (Lipinski definition) is 6. The van der Waals surface area contributed by atoms with Crippen LogP contribution in [-0.4, -0.2) is 21.5 Å². The number of aliphatic imine (C=N–C) groups is 1. The van der Waals surface area contributed by atoms with Crippen molar-refractivity contribution >= 4 is 28.9 Å². The van der Waals surface area contributed by atoms with Crippen LogP contribution in [0.2, 0.25) is 0 Å². The maximum absolute atomic E-state index is 6.15. The first-order valence-electron chi connectivity index (χ1n) is 8.10. The van der Waals surface area contributed by atoms with Gasteiger partial charge >= 0.3 is 0 Å². The molecular weight excluding hydrogens is 350 g/mol. The van der Waals surface area contributed by atoms with Gasteiger partial charge in [-0.1, -0.05) is 23.4 Å². The van der Waals surface area contributed by atoms with Gasteiger partial charge in [-0.15, -0.1) is 23.1 Å². The minimum absolute atomic E-state index is 0.0675. The van der Waals surface area contributed by atoms with E-state index in [0.717, 1.165) is 28.5 Å². The van der Waals surface area contributed by atoms with E-state index < -0.39 is 0 Å². The Hall–Kier alpha value is -2.05. The molecule has 1 unspecified atom stereocenters. The molecule has 0 spiro atoms. The summed E-state index contributed by atoms with van der Waals surface area (Å²) in [5.41, 5.74) is 9.54. The number of nitrogens with two attached hydrogens (primary N) is 1. The van der Waals surface area contributed by atoms with E-state index in [1.54, 1.807) is 17.5 Å². The normalized spacial score (nSPS) is 19.6. The summed E-state index contributed by atoms with van der Waals surface area (Å²) in [7, 11) is 0. The minimum Gasteiger partial charge on any atom is -0.386 e. The Labute approximate surface area is 155 Å². The number of amidine groups is 1. The van der Waals surface area contributed by atoms with Crippen LogP contribution < -0.4 is 5.73 Å². The van der Waals surface area contributed by atoms with Gasteiger partial charge < -0.3 is 10.3 Å². The van der Waals surface area contributed by atoms with E-state index in [4.69, 9.17) is 15.2 Å². The van der Waals surface area contributed by atoms with Crippen molar-refractivity contribution in [1.82, 2.24) is 5.16 Å². The van der Waals surface area contributed by atoms with Crippen LogP contribution in [0, 0.1) is 0 Å². The molecule has 4 nitrogen and oxygen atoms in total. The van der Waals surface area contributed by atoms with Crippen LogP contribution in [0.3, 0.4) is 0 Å². The van der Waals surface area contributed by atoms with E-state index in [2.05, 4.69) is 42.6 Å². The molecule has 0 amide bonds. The zero-order chi connectivity index (χ0) is 17.4. The number of rotatable bonds is 3. The van der Waals surface area contributed by atoms with Gasteiger partial charge in [-0.2, -0.15) is 0 Å². The van der Waals surface area contributed by atoms with Gasteiger partial charge in [-0.05, 0) is 42.5 Å². The van der Waals surface area contributed by atoms with Crippen LogP contribution in [-0.2, 0) is 0 Å². The van der Waals surface area contributed by atoms with Crippen molar-refractivity contribution in [3.63, 3.8) is 0 Å². The predicted molar refractivity (Wildman–Crippen MR) is 106 cm³/mol. The van der Waals surface area contributed by atoms with Gasteiger partial charge in [0.15, 0.2) is 5.76 Å². The molecule has 1 atom stereocenters. The topological polar surface area (TPSA) is 64.4 Å². The first kappa shape index (κ1) is 16.4. The molecule has 2 aromatic heterocycles. The summed E-state index contributed by atoms with van der Waals surface area (Å²) < 4.78 is 5.19. The predicted octanol–water partition coefficient (Wildman–Crippen LogP) is 4.99. The SMILES string of the molecule is CC1(C)SCC(c2cc(-c3cccc(-c4ccno4)c3)cs2)N=C1N. The van der Waals surface area contributed by atoms with E-state index >= 15 is 0 Å². The van der Waals surface area contributed by atoms with E-state index in [1.165, 1.54) is 10.4 Å². The Kier molecular flexibility index (Phi) is 4.17. The van der Waals surface area contributed by atoms with Gasteiger partial charge in [0, 0.05) is 22.3 Å². The van der Waals surface area contributed by atoms with Crippen LogP contribution in [0.25, 0.3) is 22.5 Å². The lowest BCUT2D eigenvalue weighted by Gasteiger charge is -2.30. The Morgan fingerprint density at radius 1 is 1.16 bits per heavy atom. The molecule has 6 heteroatoms. The van der Waals surface area contributed by atoms with E-state index in [9.17, 15) is 0 Å². The van der Waals surface area contributed by atoms with Crippen LogP contribution >= 0.6 is 23.1 Å². The number of nitrogens with zero attached hydrogens (tertiary/aromatic N) is 2. The first-order valence-corrected chi connectivity index (χ1v) is 9.97. The summed E-state index contributed by atoms with van der Waals surface area (Å²) in [6, 6.07) is 12.6. The van der Waals surface area contributed by atoms with Crippen molar-refractivity contribution in [2.75, 3.05) is 5.75 Å². The quantitative estimate of drug-likeness (QED) is 0.706. The average molecular weight is 370 g/mol. The fraction of sp³-hybridized carbons (Fsp3) is 0.263. The standard InChI is InChI=1S/C19H19N3OS2/c1-19(2)18(20)22-15(11-25-19)17-9-14(10-24-17)12-4-3-5-13(8-12)16-6-7-21-23-16/h3-10,15H,11H2,1-2H3,(H2,20,22). The molecule has 128 valence electrons. The second-order valence-electron chi connectivity index (χ2n) is 6.55. The number of thiophene rings is 1. The monoisotopic (exact) mass is 369 g/mol.